The van der Waals surface area contributed by atoms with E-state index in [1.807, 2.05) is 4.90 Å². The monoisotopic (exact) mass is 399 g/mol. The third kappa shape index (κ3) is 5.07. The van der Waals surface area contributed by atoms with Crippen molar-refractivity contribution in [3.05, 3.63) is 18.3 Å². The van der Waals surface area contributed by atoms with E-state index in [4.69, 9.17) is 0 Å². The number of nitrogens with one attached hydrogen (secondary N) is 1. The lowest BCUT2D eigenvalue weighted by Gasteiger charge is -2.35. The molecule has 0 bridgehead atoms. The van der Waals surface area contributed by atoms with E-state index in [-0.39, 0.29) is 12.6 Å². The van der Waals surface area contributed by atoms with Crippen LogP contribution in [0.15, 0.2) is 18.3 Å². The number of carbonyl (C=O) groups is 1. The number of halogens is 1. The topological polar surface area (TPSA) is 85.9 Å². The molecule has 2 aliphatic rings. The second kappa shape index (κ2) is 7.59. The first-order chi connectivity index (χ1) is 12.6. The summed E-state index contributed by atoms with van der Waals surface area (Å²) in [6, 6.07) is 3.22. The predicted molar refractivity (Wildman–Crippen MR) is 102 cm³/mol. The van der Waals surface area contributed by atoms with Gasteiger partial charge in [0, 0.05) is 32.7 Å². The van der Waals surface area contributed by atoms with E-state index in [1.165, 1.54) is 22.4 Å². The SMILES string of the molecule is CC1(F)CCCN(C(=O)Nc2ccc(N3CCN(S(C)(=O)=O)CC3)nc2)C1. The molecule has 1 N–H and O–H groups in total. The minimum Gasteiger partial charge on any atom is -0.354 e. The number of sulfonamides is 1. The molecule has 2 aliphatic heterocycles. The molecule has 2 fully saturated rings. The van der Waals surface area contributed by atoms with E-state index in [9.17, 15) is 17.6 Å². The summed E-state index contributed by atoms with van der Waals surface area (Å²) in [4.78, 5) is 20.2. The molecule has 1 atom stereocenters. The fourth-order valence-corrected chi connectivity index (χ4v) is 4.29. The van der Waals surface area contributed by atoms with Gasteiger partial charge in [0.25, 0.3) is 0 Å². The number of piperidine rings is 1. The summed E-state index contributed by atoms with van der Waals surface area (Å²) in [6.07, 6.45) is 3.90. The summed E-state index contributed by atoms with van der Waals surface area (Å²) in [5.41, 5.74) is -0.795. The predicted octanol–water partition coefficient (Wildman–Crippen LogP) is 1.52. The van der Waals surface area contributed by atoms with Gasteiger partial charge in [-0.3, -0.25) is 0 Å². The van der Waals surface area contributed by atoms with Crippen molar-refractivity contribution in [2.24, 2.45) is 0 Å². The molecule has 3 heterocycles. The summed E-state index contributed by atoms with van der Waals surface area (Å²) < 4.78 is 38.7. The molecule has 0 saturated carbocycles. The van der Waals surface area contributed by atoms with Crippen LogP contribution in [0.25, 0.3) is 0 Å². The molecule has 0 radical (unpaired) electrons. The zero-order chi connectivity index (χ0) is 19.7. The number of rotatable bonds is 3. The van der Waals surface area contributed by atoms with Crippen molar-refractivity contribution in [3.8, 4) is 0 Å². The maximum atomic E-state index is 14.1. The van der Waals surface area contributed by atoms with E-state index >= 15 is 0 Å². The van der Waals surface area contributed by atoms with Crippen molar-refractivity contribution in [1.29, 1.82) is 0 Å². The first kappa shape index (κ1) is 19.8. The van der Waals surface area contributed by atoms with Crippen LogP contribution in [-0.4, -0.2) is 79.8 Å². The quantitative estimate of drug-likeness (QED) is 0.833. The zero-order valence-electron chi connectivity index (χ0n) is 15.7. The Kier molecular flexibility index (Phi) is 5.57. The van der Waals surface area contributed by atoms with Crippen molar-refractivity contribution < 1.29 is 17.6 Å². The van der Waals surface area contributed by atoms with Gasteiger partial charge in [-0.1, -0.05) is 0 Å². The first-order valence-corrected chi connectivity index (χ1v) is 10.9. The minimum atomic E-state index is -3.16. The smallest absolute Gasteiger partial charge is 0.321 e. The summed E-state index contributed by atoms with van der Waals surface area (Å²) >= 11 is 0. The second-order valence-corrected chi connectivity index (χ2v) is 9.41. The second-order valence-electron chi connectivity index (χ2n) is 7.42. The van der Waals surface area contributed by atoms with E-state index in [1.54, 1.807) is 18.3 Å². The Morgan fingerprint density at radius 3 is 2.48 bits per heavy atom. The van der Waals surface area contributed by atoms with Gasteiger partial charge >= 0.3 is 6.03 Å². The molecule has 27 heavy (non-hydrogen) atoms. The summed E-state index contributed by atoms with van der Waals surface area (Å²) in [7, 11) is -3.16. The van der Waals surface area contributed by atoms with Crippen molar-refractivity contribution in [2.45, 2.75) is 25.4 Å². The van der Waals surface area contributed by atoms with Crippen LogP contribution in [0.3, 0.4) is 0 Å². The van der Waals surface area contributed by atoms with Gasteiger partial charge in [0.1, 0.15) is 11.5 Å². The van der Waals surface area contributed by atoms with Crippen LogP contribution < -0.4 is 10.2 Å². The van der Waals surface area contributed by atoms with Gasteiger partial charge in [-0.15, -0.1) is 0 Å². The van der Waals surface area contributed by atoms with Crippen LogP contribution in [0.2, 0.25) is 0 Å². The molecule has 8 nitrogen and oxygen atoms in total. The fraction of sp³-hybridized carbons (Fsp3) is 0.647. The Morgan fingerprint density at radius 2 is 1.93 bits per heavy atom. The standard InChI is InChI=1S/C17H26FN5O3S/c1-17(18)6-3-7-22(13-17)16(24)20-14-4-5-15(19-12-14)21-8-10-23(11-9-21)27(2,25)26/h4-5,12H,3,6-11,13H2,1-2H3,(H,20,24). The van der Waals surface area contributed by atoms with Crippen LogP contribution >= 0.6 is 0 Å². The van der Waals surface area contributed by atoms with Gasteiger partial charge in [-0.2, -0.15) is 4.31 Å². The van der Waals surface area contributed by atoms with Crippen LogP contribution in [-0.2, 0) is 10.0 Å². The van der Waals surface area contributed by atoms with Gasteiger partial charge in [0.05, 0.1) is 24.7 Å². The van der Waals surface area contributed by atoms with Gasteiger partial charge in [0.2, 0.25) is 10.0 Å². The largest absolute Gasteiger partial charge is 0.354 e. The maximum absolute atomic E-state index is 14.1. The van der Waals surface area contributed by atoms with Crippen LogP contribution in [0.5, 0.6) is 0 Å². The van der Waals surface area contributed by atoms with Gasteiger partial charge in [0.15, 0.2) is 0 Å². The number of amides is 2. The maximum Gasteiger partial charge on any atom is 0.321 e. The highest BCUT2D eigenvalue weighted by Gasteiger charge is 2.33. The lowest BCUT2D eigenvalue weighted by atomic mass is 9.97. The average Bonchev–Trinajstić information content (AvgIpc) is 2.61. The normalized spacial score (nSPS) is 24.7. The van der Waals surface area contributed by atoms with E-state index < -0.39 is 15.7 Å². The van der Waals surface area contributed by atoms with Crippen molar-refractivity contribution in [1.82, 2.24) is 14.2 Å². The minimum absolute atomic E-state index is 0.0922. The molecule has 1 unspecified atom stereocenters. The summed E-state index contributed by atoms with van der Waals surface area (Å²) in [5.74, 6) is 0.732. The Labute approximate surface area is 159 Å². The number of likely N-dealkylation sites (tertiary alicyclic amines) is 1. The Balaban J connectivity index is 1.56. The number of nitrogens with zero attached hydrogens (tertiary/aromatic N) is 4. The molecular formula is C17H26FN5O3S. The van der Waals surface area contributed by atoms with Crippen LogP contribution in [0, 0.1) is 0 Å². The Hall–Kier alpha value is -1.94. The summed E-state index contributed by atoms with van der Waals surface area (Å²) in [5, 5.41) is 2.76. The lowest BCUT2D eigenvalue weighted by molar-refractivity contribution is 0.0808. The van der Waals surface area contributed by atoms with Gasteiger partial charge in [-0.05, 0) is 31.9 Å². The number of alkyl halides is 1. The highest BCUT2D eigenvalue weighted by Crippen LogP contribution is 2.25. The zero-order valence-corrected chi connectivity index (χ0v) is 16.5. The third-order valence-electron chi connectivity index (χ3n) is 4.96. The Morgan fingerprint density at radius 1 is 1.22 bits per heavy atom. The van der Waals surface area contributed by atoms with Crippen LogP contribution in [0.1, 0.15) is 19.8 Å². The molecule has 2 saturated heterocycles. The molecule has 2 amide bonds. The molecule has 0 aromatic carbocycles. The number of hydrogen-bond acceptors (Lipinski definition) is 5. The number of aromatic nitrogens is 1. The highest BCUT2D eigenvalue weighted by atomic mass is 32.2. The third-order valence-corrected chi connectivity index (χ3v) is 6.27. The average molecular weight is 399 g/mol. The molecular weight excluding hydrogens is 373 g/mol. The highest BCUT2D eigenvalue weighted by molar-refractivity contribution is 7.88. The van der Waals surface area contributed by atoms with Crippen LogP contribution in [0.4, 0.5) is 20.7 Å². The molecule has 10 heteroatoms. The van der Waals surface area contributed by atoms with Crippen molar-refractivity contribution in [2.75, 3.05) is 55.7 Å². The number of carbonyl (C=O) groups excluding carboxylic acids is 1. The molecule has 150 valence electrons. The molecule has 1 aromatic heterocycles. The number of pyridine rings is 1. The molecule has 1 aromatic rings. The molecule has 0 spiro atoms. The Bertz CT molecular complexity index is 776. The van der Waals surface area contributed by atoms with Crippen molar-refractivity contribution in [3.63, 3.8) is 0 Å². The number of piperazine rings is 1. The van der Waals surface area contributed by atoms with E-state index in [2.05, 4.69) is 10.3 Å². The number of hydrogen-bond donors (Lipinski definition) is 1. The van der Waals surface area contributed by atoms with E-state index in [0.717, 1.165) is 5.82 Å². The molecule has 0 aliphatic carbocycles. The number of urea groups is 1. The first-order valence-electron chi connectivity index (χ1n) is 9.05. The number of anilines is 2. The van der Waals surface area contributed by atoms with Crippen molar-refractivity contribution >= 4 is 27.6 Å². The van der Waals surface area contributed by atoms with Gasteiger partial charge in [-0.25, -0.2) is 22.6 Å². The van der Waals surface area contributed by atoms with E-state index in [0.29, 0.717) is 51.3 Å². The lowest BCUT2D eigenvalue weighted by Crippen LogP contribution is -2.48. The fourth-order valence-electron chi connectivity index (χ4n) is 3.47. The summed E-state index contributed by atoms with van der Waals surface area (Å²) in [6.45, 7) is 4.14. The molecule has 3 rings (SSSR count). The van der Waals surface area contributed by atoms with Gasteiger partial charge < -0.3 is 15.1 Å².